The molecule has 6 fully saturated rings. The highest BCUT2D eigenvalue weighted by Crippen LogP contribution is 2.33. The van der Waals surface area contributed by atoms with Gasteiger partial charge in [0.15, 0.2) is 0 Å². The number of carbonyl (C=O) groups excluding carboxylic acids is 3. The number of rotatable bonds is 7. The molecule has 2 aromatic carbocycles. The summed E-state index contributed by atoms with van der Waals surface area (Å²) in [5, 5.41) is 6.59. The van der Waals surface area contributed by atoms with Crippen LogP contribution in [-0.4, -0.2) is 115 Å². The average Bonchev–Trinajstić information content (AvgIpc) is 3.99. The molecule has 0 radical (unpaired) electrons. The van der Waals surface area contributed by atoms with Gasteiger partial charge in [0.2, 0.25) is 17.1 Å². The van der Waals surface area contributed by atoms with E-state index in [2.05, 4.69) is 86.0 Å². The molecule has 6 atom stereocenters. The van der Waals surface area contributed by atoms with Gasteiger partial charge in [-0.15, -0.1) is 0 Å². The summed E-state index contributed by atoms with van der Waals surface area (Å²) in [4.78, 5) is 42.9. The summed E-state index contributed by atoms with van der Waals surface area (Å²) in [7, 11) is 0. The Bertz CT molecular complexity index is 1440. The molecule has 0 unspecified atom stereocenters. The van der Waals surface area contributed by atoms with E-state index in [4.69, 9.17) is 11.6 Å². The van der Waals surface area contributed by atoms with Gasteiger partial charge in [-0.25, -0.2) is 0 Å². The Morgan fingerprint density at radius 2 is 0.815 bits per heavy atom. The quantitative estimate of drug-likeness (QED) is 0.371. The fourth-order valence-electron chi connectivity index (χ4n) is 8.93. The van der Waals surface area contributed by atoms with Gasteiger partial charge in [-0.1, -0.05) is 102 Å². The number of nitrogens with zero attached hydrogens (tertiary/aromatic N) is 4. The van der Waals surface area contributed by atoms with Gasteiger partial charge in [0.1, 0.15) is 0 Å². The van der Waals surface area contributed by atoms with Crippen molar-refractivity contribution in [1.29, 1.82) is 0 Å². The molecule has 2 aromatic rings. The summed E-state index contributed by atoms with van der Waals surface area (Å²) < 4.78 is 0. The standard InChI is InChI=1S/C17H24N2O.C13H18N2.C10H18N2O.C4H7ClO/c1-13(2)17(20)19-11-15-9-18(10-16(15)12-19)8-14-6-4-3-5-7-14;1-2-4-11(5-3-1)8-15-9-12-6-14-7-13(12)10-15;1-7(2)10(13)12-5-8-3-11-4-9(8)6-12;1-3(2)4(5)6/h3-7,13,15-16H,8-12H2,1-2H3;1-5,12-14H,6-10H2;7-9,11H,3-6H2,1-2H3;3H,1-2H3/t15-,16+;12-,13+;8-,9+;. The summed E-state index contributed by atoms with van der Waals surface area (Å²) in [5.41, 5.74) is 2.84. The van der Waals surface area contributed by atoms with Gasteiger partial charge in [0, 0.05) is 96.3 Å². The number of halogens is 1. The van der Waals surface area contributed by atoms with E-state index in [1.54, 1.807) is 13.8 Å². The third kappa shape index (κ3) is 12.1. The molecule has 0 bridgehead atoms. The van der Waals surface area contributed by atoms with E-state index in [1.165, 1.54) is 37.3 Å². The van der Waals surface area contributed by atoms with Crippen LogP contribution < -0.4 is 10.6 Å². The zero-order valence-electron chi connectivity index (χ0n) is 33.8. The van der Waals surface area contributed by atoms with Crippen molar-refractivity contribution in [2.75, 3.05) is 78.5 Å². The van der Waals surface area contributed by atoms with Crippen LogP contribution in [0.15, 0.2) is 60.7 Å². The molecule has 9 nitrogen and oxygen atoms in total. The second-order valence-electron chi connectivity index (χ2n) is 17.5. The monoisotopic (exact) mass is 762 g/mol. The molecule has 0 saturated carbocycles. The van der Waals surface area contributed by atoms with Crippen molar-refractivity contribution in [3.05, 3.63) is 71.8 Å². The zero-order valence-corrected chi connectivity index (χ0v) is 34.5. The maximum atomic E-state index is 12.1. The predicted molar refractivity (Wildman–Crippen MR) is 219 cm³/mol. The van der Waals surface area contributed by atoms with Crippen molar-refractivity contribution < 1.29 is 14.4 Å². The molecule has 6 saturated heterocycles. The van der Waals surface area contributed by atoms with Gasteiger partial charge in [-0.3, -0.25) is 24.2 Å². The molecule has 6 heterocycles. The Hall–Kier alpha value is -2.82. The van der Waals surface area contributed by atoms with E-state index >= 15 is 0 Å². The fraction of sp³-hybridized carbons (Fsp3) is 0.659. The third-order valence-corrected chi connectivity index (χ3v) is 12.4. The molecule has 0 aliphatic carbocycles. The number of benzene rings is 2. The van der Waals surface area contributed by atoms with Gasteiger partial charge in [-0.2, -0.15) is 0 Å². The highest BCUT2D eigenvalue weighted by Gasteiger charge is 2.42. The summed E-state index contributed by atoms with van der Waals surface area (Å²) in [5.74, 6) is 5.56. The number of fused-ring (bicyclic) bond motifs is 3. The molecular formula is C44H67ClN6O3. The summed E-state index contributed by atoms with van der Waals surface area (Å²) in [6.07, 6.45) is 0. The SMILES string of the molecule is CC(C)C(=O)Cl.CC(C)C(=O)N1C[C@H]2CN(Cc3ccccc3)C[C@H]2C1.CC(C)C(=O)N1C[C@H]2CNC[C@H]2C1.c1ccc(CN2C[C@H]3CNC[C@H]3C2)cc1. The minimum Gasteiger partial charge on any atom is -0.342 e. The minimum atomic E-state index is -0.269. The second-order valence-corrected chi connectivity index (χ2v) is 17.9. The Kier molecular flexibility index (Phi) is 16.0. The zero-order chi connectivity index (χ0) is 38.8. The lowest BCUT2D eigenvalue weighted by Gasteiger charge is -2.23. The first kappa shape index (κ1) is 42.3. The van der Waals surface area contributed by atoms with Crippen molar-refractivity contribution >= 4 is 28.7 Å². The third-order valence-electron chi connectivity index (χ3n) is 12.0. The van der Waals surface area contributed by atoms with Gasteiger partial charge in [0.05, 0.1) is 0 Å². The van der Waals surface area contributed by atoms with Crippen molar-refractivity contribution in [3.8, 4) is 0 Å². The molecule has 2 amide bonds. The van der Waals surface area contributed by atoms with Crippen molar-refractivity contribution in [1.82, 2.24) is 30.2 Å². The predicted octanol–water partition coefficient (Wildman–Crippen LogP) is 5.30. The van der Waals surface area contributed by atoms with Crippen LogP contribution in [0.5, 0.6) is 0 Å². The lowest BCUT2D eigenvalue weighted by atomic mass is 10.0. The molecule has 6 aliphatic heterocycles. The Morgan fingerprint density at radius 3 is 1.13 bits per heavy atom. The van der Waals surface area contributed by atoms with Crippen LogP contribution in [-0.2, 0) is 27.5 Å². The molecule has 6 aliphatic rings. The summed E-state index contributed by atoms with van der Waals surface area (Å²) >= 11 is 4.97. The van der Waals surface area contributed by atoms with E-state index in [9.17, 15) is 14.4 Å². The van der Waals surface area contributed by atoms with E-state index in [-0.39, 0.29) is 23.0 Å². The first-order valence-electron chi connectivity index (χ1n) is 20.6. The average molecular weight is 764 g/mol. The Balaban J connectivity index is 0.000000148. The highest BCUT2D eigenvalue weighted by molar-refractivity contribution is 6.63. The molecule has 10 heteroatoms. The second kappa shape index (κ2) is 20.4. The van der Waals surface area contributed by atoms with E-state index < -0.39 is 0 Å². The number of carbonyl (C=O) groups is 3. The van der Waals surface area contributed by atoms with Gasteiger partial charge in [0.25, 0.3) is 0 Å². The van der Waals surface area contributed by atoms with Crippen LogP contribution in [0.3, 0.4) is 0 Å². The van der Waals surface area contributed by atoms with Gasteiger partial charge < -0.3 is 20.4 Å². The lowest BCUT2D eigenvalue weighted by molar-refractivity contribution is -0.134. The highest BCUT2D eigenvalue weighted by atomic mass is 35.5. The van der Waals surface area contributed by atoms with Crippen LogP contribution in [0.2, 0.25) is 0 Å². The van der Waals surface area contributed by atoms with Crippen LogP contribution in [0.1, 0.15) is 52.7 Å². The van der Waals surface area contributed by atoms with E-state index in [0.717, 1.165) is 89.1 Å². The van der Waals surface area contributed by atoms with Crippen molar-refractivity contribution in [3.63, 3.8) is 0 Å². The first-order valence-corrected chi connectivity index (χ1v) is 21.0. The molecule has 8 rings (SSSR count). The Labute approximate surface area is 330 Å². The number of likely N-dealkylation sites (tertiary alicyclic amines) is 4. The van der Waals surface area contributed by atoms with E-state index in [0.29, 0.717) is 23.7 Å². The molecule has 298 valence electrons. The first-order chi connectivity index (χ1) is 25.9. The molecule has 0 aromatic heterocycles. The van der Waals surface area contributed by atoms with Crippen molar-refractivity contribution in [2.24, 2.45) is 53.3 Å². The maximum Gasteiger partial charge on any atom is 0.225 e. The number of nitrogens with one attached hydrogen (secondary N) is 2. The lowest BCUT2D eigenvalue weighted by Crippen LogP contribution is -2.35. The Morgan fingerprint density at radius 1 is 0.519 bits per heavy atom. The largest absolute Gasteiger partial charge is 0.342 e. The topological polar surface area (TPSA) is 88.2 Å². The normalized spacial score (nSPS) is 27.1. The molecule has 0 spiro atoms. The summed E-state index contributed by atoms with van der Waals surface area (Å²) in [6.45, 7) is 27.1. The van der Waals surface area contributed by atoms with Gasteiger partial charge in [-0.05, 0) is 71.3 Å². The van der Waals surface area contributed by atoms with Gasteiger partial charge >= 0.3 is 0 Å². The van der Waals surface area contributed by atoms with Crippen LogP contribution in [0.4, 0.5) is 0 Å². The number of hydrogen-bond donors (Lipinski definition) is 2. The van der Waals surface area contributed by atoms with Crippen LogP contribution in [0.25, 0.3) is 0 Å². The van der Waals surface area contributed by atoms with E-state index in [1.807, 2.05) is 32.6 Å². The number of amides is 2. The van der Waals surface area contributed by atoms with Crippen LogP contribution in [0, 0.1) is 53.3 Å². The molecule has 54 heavy (non-hydrogen) atoms. The maximum absolute atomic E-state index is 12.1. The summed E-state index contributed by atoms with van der Waals surface area (Å²) in [6, 6.07) is 21.5. The smallest absolute Gasteiger partial charge is 0.225 e. The molecule has 2 N–H and O–H groups in total. The molecular weight excluding hydrogens is 696 g/mol. The number of hydrogen-bond acceptors (Lipinski definition) is 7. The minimum absolute atomic E-state index is 0.0216. The van der Waals surface area contributed by atoms with Crippen LogP contribution >= 0.6 is 11.6 Å². The fourth-order valence-corrected chi connectivity index (χ4v) is 8.93. The van der Waals surface area contributed by atoms with Crippen molar-refractivity contribution in [2.45, 2.75) is 54.6 Å².